The highest BCUT2D eigenvalue weighted by Crippen LogP contribution is 2.22. The van der Waals surface area contributed by atoms with Gasteiger partial charge in [-0.1, -0.05) is 53.4 Å². The molecule has 0 bridgehead atoms. The van der Waals surface area contributed by atoms with Crippen molar-refractivity contribution < 1.29 is 0 Å². The Hall–Kier alpha value is -0.0400. The highest BCUT2D eigenvalue weighted by atomic mass is 14.9. The summed E-state index contributed by atoms with van der Waals surface area (Å²) >= 11 is 0. The lowest BCUT2D eigenvalue weighted by Gasteiger charge is -2.28. The van der Waals surface area contributed by atoms with E-state index in [4.69, 9.17) is 0 Å². The summed E-state index contributed by atoms with van der Waals surface area (Å²) in [6.07, 6.45) is 6.63. The summed E-state index contributed by atoms with van der Waals surface area (Å²) in [5.74, 6) is 1.77. The Bertz CT molecular complexity index is 114. The van der Waals surface area contributed by atoms with Crippen molar-refractivity contribution in [3.8, 4) is 0 Å². The molecular weight excluding hydrogens is 170 g/mol. The van der Waals surface area contributed by atoms with Crippen molar-refractivity contribution in [3.63, 3.8) is 0 Å². The average Bonchev–Trinajstić information content (AvgIpc) is 2.24. The van der Waals surface area contributed by atoms with Crippen molar-refractivity contribution >= 4 is 0 Å². The molecule has 0 rings (SSSR count). The third-order valence-electron chi connectivity index (χ3n) is 3.73. The van der Waals surface area contributed by atoms with Crippen LogP contribution in [0.1, 0.15) is 59.8 Å². The first-order valence-corrected chi connectivity index (χ1v) is 6.40. The fourth-order valence-corrected chi connectivity index (χ4v) is 2.38. The Morgan fingerprint density at radius 1 is 0.857 bits per heavy atom. The van der Waals surface area contributed by atoms with Crippen LogP contribution in [0.25, 0.3) is 0 Å². The van der Waals surface area contributed by atoms with Crippen LogP contribution in [0.3, 0.4) is 0 Å². The minimum Gasteiger partial charge on any atom is -0.317 e. The van der Waals surface area contributed by atoms with E-state index in [0.717, 1.165) is 17.9 Å². The summed E-state index contributed by atoms with van der Waals surface area (Å²) < 4.78 is 0. The molecule has 1 heteroatoms. The third kappa shape index (κ3) is 4.45. The van der Waals surface area contributed by atoms with E-state index in [0.29, 0.717) is 0 Å². The van der Waals surface area contributed by atoms with Crippen LogP contribution < -0.4 is 5.32 Å². The molecule has 0 aliphatic rings. The molecule has 0 aromatic rings. The maximum atomic E-state index is 3.50. The van der Waals surface area contributed by atoms with Crippen LogP contribution in [0.4, 0.5) is 0 Å². The monoisotopic (exact) mass is 199 g/mol. The topological polar surface area (TPSA) is 12.0 Å². The third-order valence-corrected chi connectivity index (χ3v) is 3.73. The molecule has 0 saturated carbocycles. The molecule has 0 aliphatic heterocycles. The van der Waals surface area contributed by atoms with E-state index >= 15 is 0 Å². The van der Waals surface area contributed by atoms with Gasteiger partial charge in [0.15, 0.2) is 0 Å². The summed E-state index contributed by atoms with van der Waals surface area (Å²) in [6, 6.07) is 0.731. The van der Waals surface area contributed by atoms with Gasteiger partial charge in [-0.3, -0.25) is 0 Å². The van der Waals surface area contributed by atoms with Crippen LogP contribution in [-0.4, -0.2) is 13.1 Å². The van der Waals surface area contributed by atoms with Crippen molar-refractivity contribution in [2.24, 2.45) is 11.8 Å². The molecule has 0 amide bonds. The van der Waals surface area contributed by atoms with E-state index < -0.39 is 0 Å². The van der Waals surface area contributed by atoms with Crippen molar-refractivity contribution in [1.82, 2.24) is 5.32 Å². The molecular formula is C13H29N. The summed E-state index contributed by atoms with van der Waals surface area (Å²) in [5.41, 5.74) is 0. The zero-order chi connectivity index (χ0) is 11.0. The van der Waals surface area contributed by atoms with Crippen molar-refractivity contribution in [1.29, 1.82) is 0 Å². The predicted octanol–water partition coefficient (Wildman–Crippen LogP) is 3.84. The van der Waals surface area contributed by atoms with Crippen LogP contribution in [-0.2, 0) is 0 Å². The lowest BCUT2D eigenvalue weighted by Crippen LogP contribution is -2.34. The van der Waals surface area contributed by atoms with E-state index in [1.54, 1.807) is 0 Å². The summed E-state index contributed by atoms with van der Waals surface area (Å²) in [7, 11) is 2.12. The number of rotatable bonds is 8. The second-order valence-electron chi connectivity index (χ2n) is 4.39. The van der Waals surface area contributed by atoms with Gasteiger partial charge in [0.1, 0.15) is 0 Å². The highest BCUT2D eigenvalue weighted by molar-refractivity contribution is 4.76. The number of hydrogen-bond acceptors (Lipinski definition) is 1. The summed E-state index contributed by atoms with van der Waals surface area (Å²) in [6.45, 7) is 9.25. The molecule has 0 heterocycles. The second kappa shape index (κ2) is 8.28. The molecule has 0 radical (unpaired) electrons. The lowest BCUT2D eigenvalue weighted by molar-refractivity contribution is 0.282. The fraction of sp³-hybridized carbons (Fsp3) is 1.00. The summed E-state index contributed by atoms with van der Waals surface area (Å²) in [5, 5.41) is 3.50. The normalized spacial score (nSPS) is 13.9. The smallest absolute Gasteiger partial charge is 0.00947 e. The molecule has 0 aromatic heterocycles. The maximum Gasteiger partial charge on any atom is 0.00947 e. The molecule has 1 unspecified atom stereocenters. The van der Waals surface area contributed by atoms with Gasteiger partial charge in [0.05, 0.1) is 0 Å². The highest BCUT2D eigenvalue weighted by Gasteiger charge is 2.19. The van der Waals surface area contributed by atoms with Gasteiger partial charge in [-0.15, -0.1) is 0 Å². The standard InChI is InChI=1S/C13H29N/c1-6-11(7-2)10-13(14-5)12(8-3)9-4/h11-14H,6-10H2,1-5H3. The van der Waals surface area contributed by atoms with E-state index in [9.17, 15) is 0 Å². The minimum atomic E-state index is 0.731. The molecule has 1 N–H and O–H groups in total. The van der Waals surface area contributed by atoms with Crippen LogP contribution in [0.5, 0.6) is 0 Å². The van der Waals surface area contributed by atoms with Gasteiger partial charge in [0, 0.05) is 6.04 Å². The molecule has 86 valence electrons. The van der Waals surface area contributed by atoms with Gasteiger partial charge in [0.2, 0.25) is 0 Å². The quantitative estimate of drug-likeness (QED) is 0.626. The van der Waals surface area contributed by atoms with Gasteiger partial charge < -0.3 is 5.32 Å². The first-order valence-electron chi connectivity index (χ1n) is 6.40. The molecule has 0 spiro atoms. The fourth-order valence-electron chi connectivity index (χ4n) is 2.38. The Balaban J connectivity index is 4.10. The van der Waals surface area contributed by atoms with E-state index in [-0.39, 0.29) is 0 Å². The average molecular weight is 199 g/mol. The Kier molecular flexibility index (Phi) is 8.26. The predicted molar refractivity (Wildman–Crippen MR) is 65.6 cm³/mol. The van der Waals surface area contributed by atoms with Crippen LogP contribution in [0, 0.1) is 11.8 Å². The van der Waals surface area contributed by atoms with Gasteiger partial charge in [0.25, 0.3) is 0 Å². The molecule has 0 aliphatic carbocycles. The number of hydrogen-bond donors (Lipinski definition) is 1. The van der Waals surface area contributed by atoms with Gasteiger partial charge in [-0.05, 0) is 25.3 Å². The Morgan fingerprint density at radius 3 is 1.64 bits per heavy atom. The molecule has 0 aromatic carbocycles. The SMILES string of the molecule is CCC(CC)CC(NC)C(CC)CC. The van der Waals surface area contributed by atoms with E-state index in [2.05, 4.69) is 40.1 Å². The van der Waals surface area contributed by atoms with Gasteiger partial charge in [-0.25, -0.2) is 0 Å². The van der Waals surface area contributed by atoms with E-state index in [1.807, 2.05) is 0 Å². The van der Waals surface area contributed by atoms with Crippen LogP contribution in [0.15, 0.2) is 0 Å². The zero-order valence-electron chi connectivity index (χ0n) is 10.8. The summed E-state index contributed by atoms with van der Waals surface area (Å²) in [4.78, 5) is 0. The second-order valence-corrected chi connectivity index (χ2v) is 4.39. The Morgan fingerprint density at radius 2 is 1.36 bits per heavy atom. The molecule has 1 nitrogen and oxygen atoms in total. The van der Waals surface area contributed by atoms with Crippen molar-refractivity contribution in [2.75, 3.05) is 7.05 Å². The maximum absolute atomic E-state index is 3.50. The molecule has 14 heavy (non-hydrogen) atoms. The first kappa shape index (κ1) is 14.0. The first-order chi connectivity index (χ1) is 6.73. The lowest BCUT2D eigenvalue weighted by atomic mass is 9.85. The zero-order valence-corrected chi connectivity index (χ0v) is 10.8. The van der Waals surface area contributed by atoms with Crippen molar-refractivity contribution in [2.45, 2.75) is 65.8 Å². The van der Waals surface area contributed by atoms with Gasteiger partial charge >= 0.3 is 0 Å². The van der Waals surface area contributed by atoms with E-state index in [1.165, 1.54) is 32.1 Å². The number of nitrogens with one attached hydrogen (secondary N) is 1. The van der Waals surface area contributed by atoms with Crippen molar-refractivity contribution in [3.05, 3.63) is 0 Å². The minimum absolute atomic E-state index is 0.731. The van der Waals surface area contributed by atoms with Crippen LogP contribution >= 0.6 is 0 Å². The molecule has 0 saturated heterocycles. The Labute approximate surface area is 90.7 Å². The largest absolute Gasteiger partial charge is 0.317 e. The molecule has 1 atom stereocenters. The van der Waals surface area contributed by atoms with Gasteiger partial charge in [-0.2, -0.15) is 0 Å². The van der Waals surface area contributed by atoms with Crippen LogP contribution in [0.2, 0.25) is 0 Å². The molecule has 0 fully saturated rings.